The minimum atomic E-state index is -0.983. The van der Waals surface area contributed by atoms with E-state index in [-0.39, 0.29) is 5.56 Å². The fraction of sp³-hybridized carbons (Fsp3) is 0.125. The third kappa shape index (κ3) is 2.48. The van der Waals surface area contributed by atoms with Gasteiger partial charge in [-0.15, -0.1) is 0 Å². The van der Waals surface area contributed by atoms with Crippen molar-refractivity contribution in [1.82, 2.24) is 4.57 Å². The van der Waals surface area contributed by atoms with Crippen LogP contribution in [0.2, 0.25) is 0 Å². The molecule has 1 aliphatic rings. The number of anilines is 1. The van der Waals surface area contributed by atoms with Crippen LogP contribution in [0.3, 0.4) is 0 Å². The zero-order valence-corrected chi connectivity index (χ0v) is 16.1. The van der Waals surface area contributed by atoms with E-state index in [1.54, 1.807) is 12.1 Å². The van der Waals surface area contributed by atoms with Crippen molar-refractivity contribution >= 4 is 22.6 Å². The van der Waals surface area contributed by atoms with E-state index in [1.807, 2.05) is 78.2 Å². The summed E-state index contributed by atoms with van der Waals surface area (Å²) in [6.45, 7) is 0. The van der Waals surface area contributed by atoms with Gasteiger partial charge in [-0.2, -0.15) is 0 Å². The van der Waals surface area contributed by atoms with Gasteiger partial charge in [0.25, 0.3) is 0 Å². The second-order valence-electron chi connectivity index (χ2n) is 7.54. The lowest BCUT2D eigenvalue weighted by Crippen LogP contribution is -2.10. The van der Waals surface area contributed by atoms with Crippen LogP contribution in [0.5, 0.6) is 0 Å². The SMILES string of the molecule is CN(C)c1ccc2c(c1)C(O)n1c-2c(-c2ccccc2)c2ccc(C(=O)O)cc21. The van der Waals surface area contributed by atoms with Crippen LogP contribution < -0.4 is 4.90 Å². The minimum absolute atomic E-state index is 0.203. The number of nitrogens with zero attached hydrogens (tertiary/aromatic N) is 2. The molecular weight excluding hydrogens is 364 g/mol. The number of carboxylic acid groups (broad SMARTS) is 1. The average molecular weight is 384 g/mol. The van der Waals surface area contributed by atoms with E-state index < -0.39 is 12.2 Å². The Labute approximate surface area is 168 Å². The lowest BCUT2D eigenvalue weighted by molar-refractivity contribution is 0.0697. The highest BCUT2D eigenvalue weighted by molar-refractivity contribution is 6.08. The monoisotopic (exact) mass is 384 g/mol. The molecule has 144 valence electrons. The number of rotatable bonds is 3. The van der Waals surface area contributed by atoms with Crippen LogP contribution in [0.1, 0.15) is 22.1 Å². The summed E-state index contributed by atoms with van der Waals surface area (Å²) in [5.74, 6) is -0.983. The largest absolute Gasteiger partial charge is 0.478 e. The molecule has 3 aromatic carbocycles. The Morgan fingerprint density at radius 3 is 2.45 bits per heavy atom. The minimum Gasteiger partial charge on any atom is -0.478 e. The Morgan fingerprint density at radius 1 is 1.00 bits per heavy atom. The molecule has 0 saturated heterocycles. The Bertz CT molecular complexity index is 1270. The number of aliphatic hydroxyl groups excluding tert-OH is 1. The Morgan fingerprint density at radius 2 is 1.76 bits per heavy atom. The second-order valence-corrected chi connectivity index (χ2v) is 7.54. The van der Waals surface area contributed by atoms with Crippen molar-refractivity contribution in [3.05, 3.63) is 77.9 Å². The molecule has 0 bridgehead atoms. The summed E-state index contributed by atoms with van der Waals surface area (Å²) >= 11 is 0. The molecule has 5 nitrogen and oxygen atoms in total. The van der Waals surface area contributed by atoms with Crippen molar-refractivity contribution < 1.29 is 15.0 Å². The molecule has 29 heavy (non-hydrogen) atoms. The Kier molecular flexibility index (Phi) is 3.76. The second kappa shape index (κ2) is 6.22. The lowest BCUT2D eigenvalue weighted by Gasteiger charge is -2.15. The van der Waals surface area contributed by atoms with Gasteiger partial charge in [0.2, 0.25) is 0 Å². The predicted molar refractivity (Wildman–Crippen MR) is 114 cm³/mol. The summed E-state index contributed by atoms with van der Waals surface area (Å²) in [4.78, 5) is 13.6. The van der Waals surface area contributed by atoms with Gasteiger partial charge in [0.1, 0.15) is 0 Å². The zero-order valence-electron chi connectivity index (χ0n) is 16.1. The maximum Gasteiger partial charge on any atom is 0.335 e. The number of hydrogen-bond acceptors (Lipinski definition) is 3. The molecule has 1 aromatic heterocycles. The Balaban J connectivity index is 1.88. The van der Waals surface area contributed by atoms with Crippen LogP contribution in [0.4, 0.5) is 5.69 Å². The van der Waals surface area contributed by atoms with Gasteiger partial charge in [-0.05, 0) is 29.8 Å². The number of carbonyl (C=O) groups is 1. The molecule has 4 aromatic rings. The van der Waals surface area contributed by atoms with Gasteiger partial charge in [-0.1, -0.05) is 42.5 Å². The summed E-state index contributed by atoms with van der Waals surface area (Å²) in [7, 11) is 3.93. The topological polar surface area (TPSA) is 65.7 Å². The van der Waals surface area contributed by atoms with Crippen molar-refractivity contribution in [2.24, 2.45) is 0 Å². The molecule has 0 spiro atoms. The van der Waals surface area contributed by atoms with E-state index in [1.165, 1.54) is 0 Å². The highest BCUT2D eigenvalue weighted by atomic mass is 16.4. The summed E-state index contributed by atoms with van der Waals surface area (Å²) in [6, 6.07) is 21.2. The smallest absolute Gasteiger partial charge is 0.335 e. The van der Waals surface area contributed by atoms with E-state index in [4.69, 9.17) is 0 Å². The number of aromatic nitrogens is 1. The molecule has 2 N–H and O–H groups in total. The zero-order chi connectivity index (χ0) is 20.3. The van der Waals surface area contributed by atoms with Gasteiger partial charge in [0.15, 0.2) is 6.23 Å². The van der Waals surface area contributed by atoms with Gasteiger partial charge in [0, 0.05) is 41.9 Å². The Hall–Kier alpha value is -3.57. The number of hydrogen-bond donors (Lipinski definition) is 2. The molecule has 1 unspecified atom stereocenters. The molecule has 5 rings (SSSR count). The molecule has 0 radical (unpaired) electrons. The van der Waals surface area contributed by atoms with Gasteiger partial charge < -0.3 is 19.7 Å². The molecular formula is C24H20N2O3. The highest BCUT2D eigenvalue weighted by Crippen LogP contribution is 2.50. The summed E-state index contributed by atoms with van der Waals surface area (Å²) < 4.78 is 1.86. The number of aliphatic hydroxyl groups is 1. The van der Waals surface area contributed by atoms with E-state index in [2.05, 4.69) is 0 Å². The fourth-order valence-electron chi connectivity index (χ4n) is 4.26. The highest BCUT2D eigenvalue weighted by Gasteiger charge is 2.33. The third-order valence-corrected chi connectivity index (χ3v) is 5.64. The van der Waals surface area contributed by atoms with Crippen molar-refractivity contribution in [2.75, 3.05) is 19.0 Å². The van der Waals surface area contributed by atoms with Crippen molar-refractivity contribution in [3.8, 4) is 22.4 Å². The first-order valence-electron chi connectivity index (χ1n) is 9.43. The standard InChI is InChI=1S/C24H20N2O3/c1-25(2)16-9-11-17-19(13-16)23(27)26-20-12-15(24(28)29)8-10-18(20)21(22(17)26)14-6-4-3-5-7-14/h3-13,23,27H,1-2H3,(H,28,29). The normalized spacial score (nSPS) is 14.7. The van der Waals surface area contributed by atoms with E-state index in [0.29, 0.717) is 5.52 Å². The third-order valence-electron chi connectivity index (χ3n) is 5.64. The molecule has 1 atom stereocenters. The number of fused-ring (bicyclic) bond motifs is 5. The lowest BCUT2D eigenvalue weighted by atomic mass is 9.96. The van der Waals surface area contributed by atoms with Crippen LogP contribution >= 0.6 is 0 Å². The first-order valence-corrected chi connectivity index (χ1v) is 9.43. The fourth-order valence-corrected chi connectivity index (χ4v) is 4.26. The quantitative estimate of drug-likeness (QED) is 0.542. The van der Waals surface area contributed by atoms with Crippen molar-refractivity contribution in [3.63, 3.8) is 0 Å². The van der Waals surface area contributed by atoms with E-state index in [9.17, 15) is 15.0 Å². The van der Waals surface area contributed by atoms with Gasteiger partial charge >= 0.3 is 5.97 Å². The van der Waals surface area contributed by atoms with Crippen LogP contribution in [0.15, 0.2) is 66.7 Å². The number of aromatic carboxylic acids is 1. The summed E-state index contributed by atoms with van der Waals surface area (Å²) in [6.07, 6.45) is -0.871. The first-order chi connectivity index (χ1) is 14.0. The van der Waals surface area contributed by atoms with Gasteiger partial charge in [-0.25, -0.2) is 4.79 Å². The van der Waals surface area contributed by atoms with Crippen LogP contribution in [0.25, 0.3) is 33.3 Å². The molecule has 1 aliphatic heterocycles. The molecule has 0 saturated carbocycles. The van der Waals surface area contributed by atoms with E-state index >= 15 is 0 Å². The maximum atomic E-state index is 11.6. The van der Waals surface area contributed by atoms with Gasteiger partial charge in [-0.3, -0.25) is 0 Å². The van der Waals surface area contributed by atoms with Crippen LogP contribution in [-0.4, -0.2) is 34.8 Å². The molecule has 0 aliphatic carbocycles. The molecule has 0 fully saturated rings. The van der Waals surface area contributed by atoms with Crippen LogP contribution in [-0.2, 0) is 0 Å². The van der Waals surface area contributed by atoms with E-state index in [0.717, 1.165) is 39.0 Å². The average Bonchev–Trinajstić information content (AvgIpc) is 3.21. The first kappa shape index (κ1) is 17.5. The molecule has 2 heterocycles. The summed E-state index contributed by atoms with van der Waals surface area (Å²) in [5.41, 5.74) is 6.68. The predicted octanol–water partition coefficient (Wildman–Crippen LogP) is 4.59. The van der Waals surface area contributed by atoms with Gasteiger partial charge in [0.05, 0.1) is 16.8 Å². The maximum absolute atomic E-state index is 11.6. The van der Waals surface area contributed by atoms with Crippen LogP contribution in [0, 0.1) is 0 Å². The van der Waals surface area contributed by atoms with Crippen molar-refractivity contribution in [1.29, 1.82) is 0 Å². The summed E-state index contributed by atoms with van der Waals surface area (Å²) in [5, 5.41) is 21.6. The molecule has 0 amide bonds. The number of benzene rings is 3. The van der Waals surface area contributed by atoms with Crippen molar-refractivity contribution in [2.45, 2.75) is 6.23 Å². The number of carboxylic acids is 1. The molecule has 5 heteroatoms.